The highest BCUT2D eigenvalue weighted by Crippen LogP contribution is 2.19. The van der Waals surface area contributed by atoms with Crippen LogP contribution in [0.25, 0.3) is 10.9 Å². The standard InChI is InChI=1S/C14H16N2O/c1-10(9-15)8-14(17)12-4-2-6-13-11(12)5-3-7-16-13/h2-7,10H,8-9,15H2,1H3. The normalized spacial score (nSPS) is 12.6. The van der Waals surface area contributed by atoms with Crippen molar-refractivity contribution in [2.75, 3.05) is 6.54 Å². The average molecular weight is 228 g/mol. The fourth-order valence-electron chi connectivity index (χ4n) is 1.86. The summed E-state index contributed by atoms with van der Waals surface area (Å²) >= 11 is 0. The molecule has 0 saturated heterocycles. The molecule has 17 heavy (non-hydrogen) atoms. The predicted octanol–water partition coefficient (Wildman–Crippen LogP) is 2.40. The Morgan fingerprint density at radius 1 is 1.35 bits per heavy atom. The Bertz CT molecular complexity index is 531. The lowest BCUT2D eigenvalue weighted by Gasteiger charge is -2.09. The number of ketones is 1. The van der Waals surface area contributed by atoms with Crippen LogP contribution in [0.4, 0.5) is 0 Å². The predicted molar refractivity (Wildman–Crippen MR) is 68.9 cm³/mol. The zero-order valence-corrected chi connectivity index (χ0v) is 9.89. The van der Waals surface area contributed by atoms with Crippen molar-refractivity contribution >= 4 is 16.7 Å². The number of fused-ring (bicyclic) bond motifs is 1. The Labute approximate surface area is 101 Å². The number of hydrogen-bond donors (Lipinski definition) is 1. The molecule has 0 amide bonds. The lowest BCUT2D eigenvalue weighted by molar-refractivity contribution is 0.0967. The Morgan fingerprint density at radius 2 is 2.18 bits per heavy atom. The zero-order chi connectivity index (χ0) is 12.3. The van der Waals surface area contributed by atoms with Crippen molar-refractivity contribution in [1.29, 1.82) is 0 Å². The van der Waals surface area contributed by atoms with Crippen molar-refractivity contribution in [3.8, 4) is 0 Å². The largest absolute Gasteiger partial charge is 0.330 e. The molecule has 2 rings (SSSR count). The first kappa shape index (κ1) is 11.7. The Hall–Kier alpha value is -1.74. The van der Waals surface area contributed by atoms with E-state index in [0.29, 0.717) is 13.0 Å². The SMILES string of the molecule is CC(CN)CC(=O)c1cccc2ncccc12. The summed E-state index contributed by atoms with van der Waals surface area (Å²) in [6.45, 7) is 2.52. The van der Waals surface area contributed by atoms with E-state index in [9.17, 15) is 4.79 Å². The van der Waals surface area contributed by atoms with Gasteiger partial charge in [-0.3, -0.25) is 9.78 Å². The lowest BCUT2D eigenvalue weighted by atomic mass is 9.97. The van der Waals surface area contributed by atoms with E-state index in [-0.39, 0.29) is 11.7 Å². The number of aromatic nitrogens is 1. The number of hydrogen-bond acceptors (Lipinski definition) is 3. The van der Waals surface area contributed by atoms with Gasteiger partial charge in [0.1, 0.15) is 0 Å². The average Bonchev–Trinajstić information content (AvgIpc) is 2.37. The minimum absolute atomic E-state index is 0.140. The van der Waals surface area contributed by atoms with E-state index in [1.54, 1.807) is 6.20 Å². The van der Waals surface area contributed by atoms with Gasteiger partial charge < -0.3 is 5.73 Å². The summed E-state index contributed by atoms with van der Waals surface area (Å²) in [6, 6.07) is 9.43. The van der Waals surface area contributed by atoms with Gasteiger partial charge in [0, 0.05) is 23.6 Å². The smallest absolute Gasteiger partial charge is 0.163 e. The van der Waals surface area contributed by atoms with E-state index < -0.39 is 0 Å². The van der Waals surface area contributed by atoms with E-state index in [1.807, 2.05) is 37.3 Å². The van der Waals surface area contributed by atoms with Gasteiger partial charge in [-0.1, -0.05) is 25.1 Å². The minimum atomic E-state index is 0.140. The number of nitrogens with two attached hydrogens (primary N) is 1. The van der Waals surface area contributed by atoms with Gasteiger partial charge in [0.2, 0.25) is 0 Å². The number of carbonyl (C=O) groups is 1. The summed E-state index contributed by atoms with van der Waals surface area (Å²) < 4.78 is 0. The Balaban J connectivity index is 2.38. The molecule has 3 nitrogen and oxygen atoms in total. The molecule has 1 unspecified atom stereocenters. The first-order valence-corrected chi connectivity index (χ1v) is 5.79. The van der Waals surface area contributed by atoms with Crippen LogP contribution in [-0.2, 0) is 0 Å². The third-order valence-electron chi connectivity index (χ3n) is 2.88. The highest BCUT2D eigenvalue weighted by atomic mass is 16.1. The highest BCUT2D eigenvalue weighted by Gasteiger charge is 2.12. The molecule has 1 aromatic heterocycles. The molecule has 0 radical (unpaired) electrons. The van der Waals surface area contributed by atoms with E-state index in [1.165, 1.54) is 0 Å². The van der Waals surface area contributed by atoms with Crippen LogP contribution in [-0.4, -0.2) is 17.3 Å². The lowest BCUT2D eigenvalue weighted by Crippen LogP contribution is -2.15. The molecular formula is C14H16N2O. The van der Waals surface area contributed by atoms with Crippen LogP contribution in [0.5, 0.6) is 0 Å². The molecule has 1 atom stereocenters. The van der Waals surface area contributed by atoms with Gasteiger partial charge in [-0.25, -0.2) is 0 Å². The van der Waals surface area contributed by atoms with Crippen molar-refractivity contribution in [3.63, 3.8) is 0 Å². The Morgan fingerprint density at radius 3 is 2.94 bits per heavy atom. The second kappa shape index (κ2) is 5.06. The fourth-order valence-corrected chi connectivity index (χ4v) is 1.86. The second-order valence-electron chi connectivity index (χ2n) is 4.34. The summed E-state index contributed by atoms with van der Waals surface area (Å²) in [4.78, 5) is 16.4. The van der Waals surface area contributed by atoms with Crippen molar-refractivity contribution < 1.29 is 4.79 Å². The molecule has 1 heterocycles. The quantitative estimate of drug-likeness (QED) is 0.817. The van der Waals surface area contributed by atoms with Crippen molar-refractivity contribution in [1.82, 2.24) is 4.98 Å². The van der Waals surface area contributed by atoms with Gasteiger partial charge in [-0.05, 0) is 24.6 Å². The monoisotopic (exact) mass is 228 g/mol. The molecule has 3 heteroatoms. The van der Waals surface area contributed by atoms with Gasteiger partial charge in [0.05, 0.1) is 5.52 Å². The molecule has 0 aliphatic rings. The van der Waals surface area contributed by atoms with Crippen molar-refractivity contribution in [2.45, 2.75) is 13.3 Å². The number of carbonyl (C=O) groups excluding carboxylic acids is 1. The van der Waals surface area contributed by atoms with E-state index in [2.05, 4.69) is 4.98 Å². The molecule has 0 spiro atoms. The topological polar surface area (TPSA) is 56.0 Å². The summed E-state index contributed by atoms with van der Waals surface area (Å²) in [5.41, 5.74) is 7.15. The summed E-state index contributed by atoms with van der Waals surface area (Å²) in [6.07, 6.45) is 2.23. The van der Waals surface area contributed by atoms with Crippen LogP contribution in [0.15, 0.2) is 36.5 Å². The summed E-state index contributed by atoms with van der Waals surface area (Å²) in [5, 5.41) is 0.921. The van der Waals surface area contributed by atoms with Gasteiger partial charge in [0.25, 0.3) is 0 Å². The molecule has 88 valence electrons. The molecule has 2 N–H and O–H groups in total. The van der Waals surface area contributed by atoms with Crippen LogP contribution < -0.4 is 5.73 Å². The number of rotatable bonds is 4. The molecule has 0 saturated carbocycles. The third-order valence-corrected chi connectivity index (χ3v) is 2.88. The van der Waals surface area contributed by atoms with Gasteiger partial charge in [-0.15, -0.1) is 0 Å². The minimum Gasteiger partial charge on any atom is -0.330 e. The fraction of sp³-hybridized carbons (Fsp3) is 0.286. The van der Waals surface area contributed by atoms with E-state index >= 15 is 0 Å². The second-order valence-corrected chi connectivity index (χ2v) is 4.34. The van der Waals surface area contributed by atoms with Gasteiger partial charge in [-0.2, -0.15) is 0 Å². The summed E-state index contributed by atoms with van der Waals surface area (Å²) in [7, 11) is 0. The third kappa shape index (κ3) is 2.50. The molecule has 0 fully saturated rings. The number of Topliss-reactive ketones (excluding diaryl/α,β-unsaturated/α-hetero) is 1. The van der Waals surface area contributed by atoms with E-state index in [0.717, 1.165) is 16.5 Å². The molecule has 1 aromatic carbocycles. The maximum atomic E-state index is 12.1. The maximum Gasteiger partial charge on any atom is 0.163 e. The molecule has 2 aromatic rings. The highest BCUT2D eigenvalue weighted by molar-refractivity contribution is 6.07. The van der Waals surface area contributed by atoms with Gasteiger partial charge in [0.15, 0.2) is 5.78 Å². The Kier molecular flexibility index (Phi) is 3.49. The van der Waals surface area contributed by atoms with E-state index in [4.69, 9.17) is 5.73 Å². The zero-order valence-electron chi connectivity index (χ0n) is 9.89. The van der Waals surface area contributed by atoms with Crippen molar-refractivity contribution in [2.24, 2.45) is 11.7 Å². The number of pyridine rings is 1. The molecule has 0 aliphatic heterocycles. The summed E-state index contributed by atoms with van der Waals surface area (Å²) in [5.74, 6) is 0.357. The van der Waals surface area contributed by atoms with Gasteiger partial charge >= 0.3 is 0 Å². The van der Waals surface area contributed by atoms with Crippen LogP contribution in [0.1, 0.15) is 23.7 Å². The number of nitrogens with zero attached hydrogens (tertiary/aromatic N) is 1. The van der Waals surface area contributed by atoms with Crippen LogP contribution >= 0.6 is 0 Å². The number of benzene rings is 1. The first-order chi connectivity index (χ1) is 8.22. The first-order valence-electron chi connectivity index (χ1n) is 5.79. The molecular weight excluding hydrogens is 212 g/mol. The van der Waals surface area contributed by atoms with Crippen LogP contribution in [0.2, 0.25) is 0 Å². The van der Waals surface area contributed by atoms with Crippen LogP contribution in [0, 0.1) is 5.92 Å². The van der Waals surface area contributed by atoms with Crippen LogP contribution in [0.3, 0.4) is 0 Å². The molecule has 0 aliphatic carbocycles. The molecule has 0 bridgehead atoms. The van der Waals surface area contributed by atoms with Crippen molar-refractivity contribution in [3.05, 3.63) is 42.1 Å². The maximum absolute atomic E-state index is 12.1.